The maximum absolute atomic E-state index is 11.4. The third kappa shape index (κ3) is 3.37. The van der Waals surface area contributed by atoms with Crippen LogP contribution in [0.2, 0.25) is 0 Å². The molecule has 0 aromatic carbocycles. The number of imidazole rings is 1. The van der Waals surface area contributed by atoms with Crippen LogP contribution in [-0.4, -0.2) is 67.0 Å². The summed E-state index contributed by atoms with van der Waals surface area (Å²) in [4.78, 5) is 25.7. The number of hydrogen-bond acceptors (Lipinski definition) is 8. The first-order chi connectivity index (χ1) is 13.7. The van der Waals surface area contributed by atoms with E-state index < -0.39 is 5.69 Å². The Morgan fingerprint density at radius 1 is 1.32 bits per heavy atom. The molecule has 11 nitrogen and oxygen atoms in total. The molecule has 0 unspecified atom stereocenters. The van der Waals surface area contributed by atoms with Gasteiger partial charge in [0.05, 0.1) is 25.5 Å². The molecule has 28 heavy (non-hydrogen) atoms. The van der Waals surface area contributed by atoms with Crippen molar-refractivity contribution in [2.45, 2.75) is 18.9 Å². The van der Waals surface area contributed by atoms with Gasteiger partial charge in [-0.25, -0.2) is 14.8 Å². The molecule has 1 aliphatic carbocycles. The molecule has 0 bridgehead atoms. The third-order valence-electron chi connectivity index (χ3n) is 4.66. The molecule has 1 aliphatic heterocycles. The van der Waals surface area contributed by atoms with Crippen LogP contribution >= 0.6 is 0 Å². The highest BCUT2D eigenvalue weighted by molar-refractivity contribution is 5.57. The highest BCUT2D eigenvalue weighted by Crippen LogP contribution is 2.22. The lowest BCUT2D eigenvalue weighted by Gasteiger charge is -2.27. The number of H-pyrrole nitrogens is 2. The monoisotopic (exact) mass is 384 g/mol. The summed E-state index contributed by atoms with van der Waals surface area (Å²) in [6.45, 7) is 2.86. The quantitative estimate of drug-likeness (QED) is 0.440. The molecule has 4 N–H and O–H groups in total. The molecular weight excluding hydrogens is 364 g/mol. The van der Waals surface area contributed by atoms with Crippen molar-refractivity contribution in [3.63, 3.8) is 0 Å². The Bertz CT molecular complexity index is 1180. The van der Waals surface area contributed by atoms with Crippen LogP contribution in [0.4, 0.5) is 5.82 Å². The molecule has 0 spiro atoms. The maximum Gasteiger partial charge on any atom is 0.326 e. The first kappa shape index (κ1) is 17.0. The summed E-state index contributed by atoms with van der Waals surface area (Å²) in [5, 5.41) is 17.0. The summed E-state index contributed by atoms with van der Waals surface area (Å²) in [7, 11) is 0. The molecule has 4 heterocycles. The van der Waals surface area contributed by atoms with E-state index in [2.05, 4.69) is 30.5 Å². The fraction of sp³-hybridized carbons (Fsp3) is 0.412. The number of anilines is 1. The number of aromatic nitrogens is 5. The van der Waals surface area contributed by atoms with E-state index in [9.17, 15) is 9.90 Å². The molecule has 5 rings (SSSR count). The summed E-state index contributed by atoms with van der Waals surface area (Å²) in [5.41, 5.74) is 4.41. The number of rotatable bonds is 4. The van der Waals surface area contributed by atoms with Crippen molar-refractivity contribution in [2.24, 2.45) is 4.99 Å². The van der Waals surface area contributed by atoms with E-state index in [0.29, 0.717) is 35.9 Å². The minimum atomic E-state index is -0.479. The third-order valence-corrected chi connectivity index (χ3v) is 4.66. The van der Waals surface area contributed by atoms with Gasteiger partial charge in [-0.1, -0.05) is 0 Å². The van der Waals surface area contributed by atoms with Gasteiger partial charge in [-0.2, -0.15) is 9.61 Å². The van der Waals surface area contributed by atoms with Crippen LogP contribution in [0, 0.1) is 0 Å². The first-order valence-corrected chi connectivity index (χ1v) is 9.21. The fourth-order valence-corrected chi connectivity index (χ4v) is 3.09. The second-order valence-electron chi connectivity index (χ2n) is 6.89. The molecule has 0 atom stereocenters. The van der Waals surface area contributed by atoms with E-state index in [1.807, 2.05) is 6.07 Å². The van der Waals surface area contributed by atoms with Crippen molar-refractivity contribution >= 4 is 17.5 Å². The van der Waals surface area contributed by atoms with Gasteiger partial charge in [0.2, 0.25) is 5.88 Å². The average molecular weight is 384 g/mol. The Hall–Kier alpha value is -3.18. The van der Waals surface area contributed by atoms with Gasteiger partial charge in [0, 0.05) is 24.4 Å². The number of ether oxygens (including phenoxy) is 1. The number of morpholine rings is 1. The van der Waals surface area contributed by atoms with Crippen LogP contribution in [0.25, 0.3) is 11.7 Å². The van der Waals surface area contributed by atoms with E-state index in [1.165, 1.54) is 0 Å². The predicted octanol–water partition coefficient (Wildman–Crippen LogP) is -1.28. The average Bonchev–Trinajstić information content (AvgIpc) is 3.32. The van der Waals surface area contributed by atoms with Gasteiger partial charge < -0.3 is 20.3 Å². The van der Waals surface area contributed by atoms with E-state index in [1.54, 1.807) is 16.8 Å². The van der Waals surface area contributed by atoms with Crippen LogP contribution in [0.3, 0.4) is 0 Å². The van der Waals surface area contributed by atoms with Crippen LogP contribution in [0.5, 0.6) is 5.88 Å². The minimum absolute atomic E-state index is 0.227. The van der Waals surface area contributed by atoms with E-state index >= 15 is 0 Å². The minimum Gasteiger partial charge on any atom is -0.493 e. The van der Waals surface area contributed by atoms with Gasteiger partial charge in [0.1, 0.15) is 11.5 Å². The van der Waals surface area contributed by atoms with E-state index in [-0.39, 0.29) is 11.6 Å². The molecule has 0 radical (unpaired) electrons. The zero-order chi connectivity index (χ0) is 19.1. The molecular formula is C17H20N8O3. The summed E-state index contributed by atoms with van der Waals surface area (Å²) in [6, 6.07) is 2.20. The zero-order valence-electron chi connectivity index (χ0n) is 15.1. The Kier molecular flexibility index (Phi) is 4.10. The number of aromatic amines is 2. The summed E-state index contributed by atoms with van der Waals surface area (Å²) in [5.74, 6) is 0.436. The number of hydrogen-bond donors (Lipinski definition) is 4. The summed E-state index contributed by atoms with van der Waals surface area (Å²) in [6.07, 6.45) is 5.42. The van der Waals surface area contributed by atoms with Crippen molar-refractivity contribution in [1.82, 2.24) is 29.6 Å². The molecule has 2 fully saturated rings. The Labute approximate surface area is 158 Å². The number of aromatic hydroxyl groups is 1. The standard InChI is InChI=1S/C17H20N8O3/c26-16-12(20-17(27)22-16)7-10-9-18-25-14(19-11-1-2-11)8-13(21-15(10)25)23-24-3-5-28-6-4-24/h7-9,11,23,26H,1-6H2,(H2,20,22,27)/b10-7+,19-14?. The van der Waals surface area contributed by atoms with Gasteiger partial charge in [0.15, 0.2) is 11.1 Å². The summed E-state index contributed by atoms with van der Waals surface area (Å²) >= 11 is 0. The zero-order valence-corrected chi connectivity index (χ0v) is 15.1. The fourth-order valence-electron chi connectivity index (χ4n) is 3.09. The van der Waals surface area contributed by atoms with Crippen molar-refractivity contribution in [3.8, 4) is 5.88 Å². The number of hydrazine groups is 1. The van der Waals surface area contributed by atoms with Gasteiger partial charge in [-0.15, -0.1) is 0 Å². The second kappa shape index (κ2) is 6.77. The number of nitrogens with zero attached hydrogens (tertiary/aromatic N) is 5. The molecule has 2 aliphatic rings. The van der Waals surface area contributed by atoms with Crippen LogP contribution in [0.1, 0.15) is 18.5 Å². The van der Waals surface area contributed by atoms with Gasteiger partial charge in [-0.3, -0.25) is 9.98 Å². The summed E-state index contributed by atoms with van der Waals surface area (Å²) < 4.78 is 7.06. The van der Waals surface area contributed by atoms with E-state index in [4.69, 9.17) is 9.73 Å². The predicted molar refractivity (Wildman–Crippen MR) is 99.4 cm³/mol. The first-order valence-electron chi connectivity index (χ1n) is 9.21. The van der Waals surface area contributed by atoms with Gasteiger partial charge in [0.25, 0.3) is 0 Å². The second-order valence-corrected chi connectivity index (χ2v) is 6.89. The van der Waals surface area contributed by atoms with Crippen LogP contribution in [-0.2, 0) is 4.74 Å². The largest absolute Gasteiger partial charge is 0.493 e. The topological polar surface area (TPSA) is 136 Å². The molecule has 146 valence electrons. The maximum atomic E-state index is 11.4. The normalized spacial score (nSPS) is 19.6. The molecule has 11 heteroatoms. The lowest BCUT2D eigenvalue weighted by molar-refractivity contribution is 0.0495. The van der Waals surface area contributed by atoms with E-state index in [0.717, 1.165) is 31.4 Å². The van der Waals surface area contributed by atoms with Crippen LogP contribution in [0.15, 0.2) is 22.1 Å². The van der Waals surface area contributed by atoms with Crippen molar-refractivity contribution in [2.75, 3.05) is 31.7 Å². The van der Waals surface area contributed by atoms with Crippen molar-refractivity contribution in [3.05, 3.63) is 39.1 Å². The van der Waals surface area contributed by atoms with Crippen molar-refractivity contribution < 1.29 is 9.84 Å². The van der Waals surface area contributed by atoms with Gasteiger partial charge in [-0.05, 0) is 18.9 Å². The number of nitrogens with one attached hydrogen (secondary N) is 3. The molecule has 1 saturated carbocycles. The molecule has 0 amide bonds. The highest BCUT2D eigenvalue weighted by Gasteiger charge is 2.20. The number of fused-ring (bicyclic) bond motifs is 1. The SMILES string of the molecule is O=c1[nH]c(O)c(/C=c2\cnn3c(=NC4CC4)cc(NN4CCOCC4)nc23)[nH]1. The van der Waals surface area contributed by atoms with Gasteiger partial charge >= 0.3 is 5.69 Å². The highest BCUT2D eigenvalue weighted by atomic mass is 16.5. The van der Waals surface area contributed by atoms with Crippen LogP contribution < -0.4 is 21.8 Å². The molecule has 3 aromatic heterocycles. The van der Waals surface area contributed by atoms with Crippen molar-refractivity contribution in [1.29, 1.82) is 0 Å². The lowest BCUT2D eigenvalue weighted by Crippen LogP contribution is -2.40. The Balaban J connectivity index is 1.63. The molecule has 3 aromatic rings. The smallest absolute Gasteiger partial charge is 0.326 e. The Morgan fingerprint density at radius 2 is 2.14 bits per heavy atom. The molecule has 1 saturated heterocycles. The Morgan fingerprint density at radius 3 is 2.86 bits per heavy atom. The lowest BCUT2D eigenvalue weighted by atomic mass is 10.3.